The molecular weight excluding hydrogens is 472 g/mol. The van der Waals surface area contributed by atoms with Crippen LogP contribution in [0.2, 0.25) is 0 Å². The number of aromatic nitrogens is 2. The summed E-state index contributed by atoms with van der Waals surface area (Å²) in [6.45, 7) is 2.34. The van der Waals surface area contributed by atoms with E-state index in [0.29, 0.717) is 29.1 Å². The summed E-state index contributed by atoms with van der Waals surface area (Å²) in [5.74, 6) is -0.434. The molecule has 3 aromatic rings. The Bertz CT molecular complexity index is 1380. The predicted molar refractivity (Wildman–Crippen MR) is 118 cm³/mol. The average Bonchev–Trinajstić information content (AvgIpc) is 3.41. The largest absolute Gasteiger partial charge is 0.404 e. The molecule has 1 saturated carbocycles. The van der Waals surface area contributed by atoms with Crippen molar-refractivity contribution < 1.29 is 26.0 Å². The van der Waals surface area contributed by atoms with E-state index in [-0.39, 0.29) is 17.3 Å². The van der Waals surface area contributed by atoms with Crippen LogP contribution in [0.5, 0.6) is 0 Å². The average molecular weight is 495 g/mol. The summed E-state index contributed by atoms with van der Waals surface area (Å²) in [5, 5.41) is 10.4. The molecule has 4 rings (SSSR count). The highest BCUT2D eigenvalue weighted by atomic mass is 32.2. The van der Waals surface area contributed by atoms with Crippen LogP contribution in [0.1, 0.15) is 49.8 Å². The third kappa shape index (κ3) is 4.16. The molecule has 2 aromatic heterocycles. The normalized spacial score (nSPS) is 16.1. The van der Waals surface area contributed by atoms with Gasteiger partial charge in [0, 0.05) is 17.6 Å². The van der Waals surface area contributed by atoms with E-state index in [0.717, 1.165) is 37.9 Å². The minimum Gasteiger partial charge on any atom is -0.333 e. The van der Waals surface area contributed by atoms with E-state index < -0.39 is 33.0 Å². The SMILES string of the molecule is Cc1ccc2c(C#N)c(-c3ccc(S(=O)(=O)N[C@@H](C)C(F)(F)F)cn3)n(C3CCCC3)c2c1F. The first kappa shape index (κ1) is 24.2. The Kier molecular flexibility index (Phi) is 6.16. The van der Waals surface area contributed by atoms with Gasteiger partial charge in [-0.25, -0.2) is 12.8 Å². The minimum absolute atomic E-state index is 0.0598. The van der Waals surface area contributed by atoms with E-state index >= 15 is 4.39 Å². The van der Waals surface area contributed by atoms with Gasteiger partial charge in [-0.3, -0.25) is 4.98 Å². The van der Waals surface area contributed by atoms with Gasteiger partial charge in [0.05, 0.1) is 22.5 Å². The number of alkyl halides is 3. The van der Waals surface area contributed by atoms with Crippen LogP contribution in [-0.2, 0) is 10.0 Å². The molecule has 1 atom stereocenters. The maximum Gasteiger partial charge on any atom is 0.404 e. The van der Waals surface area contributed by atoms with Crippen molar-refractivity contribution in [2.45, 2.75) is 62.7 Å². The summed E-state index contributed by atoms with van der Waals surface area (Å²) >= 11 is 0. The number of pyridine rings is 1. The minimum atomic E-state index is -4.74. The molecule has 1 fully saturated rings. The van der Waals surface area contributed by atoms with Crippen LogP contribution in [0.4, 0.5) is 17.6 Å². The number of halogens is 4. The van der Waals surface area contributed by atoms with Gasteiger partial charge in [0.25, 0.3) is 0 Å². The van der Waals surface area contributed by atoms with Crippen molar-refractivity contribution in [1.82, 2.24) is 14.3 Å². The summed E-state index contributed by atoms with van der Waals surface area (Å²) in [6, 6.07) is 5.53. The molecule has 0 spiro atoms. The Hall–Kier alpha value is -2.97. The molecule has 1 aliphatic carbocycles. The number of rotatable bonds is 5. The van der Waals surface area contributed by atoms with Crippen LogP contribution in [0.25, 0.3) is 22.3 Å². The van der Waals surface area contributed by atoms with Crippen LogP contribution < -0.4 is 4.72 Å². The maximum absolute atomic E-state index is 15.3. The third-order valence-corrected chi connectivity index (χ3v) is 7.74. The number of nitrogens with zero attached hydrogens (tertiary/aromatic N) is 3. The van der Waals surface area contributed by atoms with E-state index in [2.05, 4.69) is 11.1 Å². The summed E-state index contributed by atoms with van der Waals surface area (Å²) < 4.78 is 81.9. The second kappa shape index (κ2) is 8.67. The van der Waals surface area contributed by atoms with Crippen LogP contribution in [0, 0.1) is 24.1 Å². The van der Waals surface area contributed by atoms with Crippen molar-refractivity contribution in [2.24, 2.45) is 0 Å². The standard InChI is InChI=1S/C23H22F4N4O2S/c1-13-7-9-17-18(11-28)21(31(22(17)20(13)24)15-5-3-4-6-15)19-10-8-16(12-29-19)34(32,33)30-14(2)23(25,26)27/h7-10,12,14-15,30H,3-6H2,1-2H3/t14-/m0/s1. The topological polar surface area (TPSA) is 87.8 Å². The Labute approximate surface area is 194 Å². The highest BCUT2D eigenvalue weighted by Crippen LogP contribution is 2.42. The number of sulfonamides is 1. The maximum atomic E-state index is 15.3. The fourth-order valence-electron chi connectivity index (χ4n) is 4.40. The molecule has 34 heavy (non-hydrogen) atoms. The number of fused-ring (bicyclic) bond motifs is 1. The van der Waals surface area contributed by atoms with Crippen LogP contribution in [-0.4, -0.2) is 30.2 Å². The number of hydrogen-bond acceptors (Lipinski definition) is 4. The fraction of sp³-hybridized carbons (Fsp3) is 0.391. The number of aryl methyl sites for hydroxylation is 1. The zero-order valence-corrected chi connectivity index (χ0v) is 19.3. The molecule has 0 amide bonds. The van der Waals surface area contributed by atoms with Crippen molar-refractivity contribution in [1.29, 1.82) is 5.26 Å². The molecule has 6 nitrogen and oxygen atoms in total. The van der Waals surface area contributed by atoms with Crippen LogP contribution >= 0.6 is 0 Å². The number of nitrogens with one attached hydrogen (secondary N) is 1. The van der Waals surface area contributed by atoms with Gasteiger partial charge >= 0.3 is 6.18 Å². The molecule has 0 bridgehead atoms. The molecule has 1 aromatic carbocycles. The van der Waals surface area contributed by atoms with E-state index in [1.165, 1.54) is 6.07 Å². The summed E-state index contributed by atoms with van der Waals surface area (Å²) in [4.78, 5) is 3.73. The van der Waals surface area contributed by atoms with Gasteiger partial charge in [0.2, 0.25) is 10.0 Å². The highest BCUT2D eigenvalue weighted by Gasteiger charge is 2.39. The van der Waals surface area contributed by atoms with E-state index in [1.807, 2.05) is 0 Å². The summed E-state index contributed by atoms with van der Waals surface area (Å²) in [7, 11) is -4.48. The van der Waals surface area contributed by atoms with Crippen molar-refractivity contribution in [3.8, 4) is 17.5 Å². The summed E-state index contributed by atoms with van der Waals surface area (Å²) in [5.41, 5.74) is 1.55. The second-order valence-corrected chi connectivity index (χ2v) is 10.2. The molecule has 1 N–H and O–H groups in total. The van der Waals surface area contributed by atoms with Crippen molar-refractivity contribution >= 4 is 20.9 Å². The zero-order valence-electron chi connectivity index (χ0n) is 18.4. The van der Waals surface area contributed by atoms with Crippen LogP contribution in [0.15, 0.2) is 35.4 Å². The van der Waals surface area contributed by atoms with Gasteiger partial charge < -0.3 is 4.57 Å². The third-order valence-electron chi connectivity index (χ3n) is 6.21. The van der Waals surface area contributed by atoms with Gasteiger partial charge in [-0.1, -0.05) is 25.0 Å². The Balaban J connectivity index is 1.85. The van der Waals surface area contributed by atoms with E-state index in [1.54, 1.807) is 28.3 Å². The lowest BCUT2D eigenvalue weighted by molar-refractivity contribution is -0.147. The Morgan fingerprint density at radius 1 is 1.21 bits per heavy atom. The van der Waals surface area contributed by atoms with Crippen LogP contribution in [0.3, 0.4) is 0 Å². The first-order valence-electron chi connectivity index (χ1n) is 10.7. The van der Waals surface area contributed by atoms with Crippen molar-refractivity contribution in [3.05, 3.63) is 47.4 Å². The lowest BCUT2D eigenvalue weighted by atomic mass is 10.1. The Morgan fingerprint density at radius 2 is 1.88 bits per heavy atom. The van der Waals surface area contributed by atoms with Gasteiger partial charge in [0.1, 0.15) is 22.8 Å². The molecular formula is C23H22F4N4O2S. The molecule has 11 heteroatoms. The quantitative estimate of drug-likeness (QED) is 0.484. The van der Waals surface area contributed by atoms with Gasteiger partial charge in [0.15, 0.2) is 0 Å². The number of hydrogen-bond donors (Lipinski definition) is 1. The summed E-state index contributed by atoms with van der Waals surface area (Å²) in [6.07, 6.45) is -0.312. The molecule has 1 aliphatic rings. The predicted octanol–water partition coefficient (Wildman–Crippen LogP) is 5.37. The van der Waals surface area contributed by atoms with E-state index in [4.69, 9.17) is 0 Å². The lowest BCUT2D eigenvalue weighted by Gasteiger charge is -2.19. The van der Waals surface area contributed by atoms with E-state index in [9.17, 15) is 26.9 Å². The fourth-order valence-corrected chi connectivity index (χ4v) is 5.58. The van der Waals surface area contributed by atoms with Gasteiger partial charge in [-0.15, -0.1) is 0 Å². The molecule has 0 radical (unpaired) electrons. The van der Waals surface area contributed by atoms with Crippen molar-refractivity contribution in [2.75, 3.05) is 0 Å². The molecule has 0 aliphatic heterocycles. The smallest absolute Gasteiger partial charge is 0.333 e. The molecule has 0 saturated heterocycles. The van der Waals surface area contributed by atoms with Gasteiger partial charge in [-0.2, -0.15) is 23.2 Å². The molecule has 2 heterocycles. The molecule has 180 valence electrons. The molecule has 0 unspecified atom stereocenters. The highest BCUT2D eigenvalue weighted by molar-refractivity contribution is 7.89. The van der Waals surface area contributed by atoms with Gasteiger partial charge in [-0.05, 0) is 44.4 Å². The van der Waals surface area contributed by atoms with Crippen molar-refractivity contribution in [3.63, 3.8) is 0 Å². The Morgan fingerprint density at radius 3 is 2.44 bits per heavy atom. The number of benzene rings is 1. The monoisotopic (exact) mass is 494 g/mol. The first-order chi connectivity index (χ1) is 16.0. The zero-order chi connectivity index (χ0) is 24.8. The first-order valence-corrected chi connectivity index (χ1v) is 12.2. The lowest BCUT2D eigenvalue weighted by Crippen LogP contribution is -2.42. The number of nitriles is 1. The second-order valence-electron chi connectivity index (χ2n) is 8.50.